The van der Waals surface area contributed by atoms with Crippen molar-refractivity contribution in [2.75, 3.05) is 62.6 Å². The summed E-state index contributed by atoms with van der Waals surface area (Å²) in [5.41, 5.74) is 5.50. The minimum absolute atomic E-state index is 0.00164. The molecule has 4 amide bonds. The van der Waals surface area contributed by atoms with Gasteiger partial charge < -0.3 is 29.7 Å². The molecule has 322 valence electrons. The maximum Gasteiger partial charge on any atom is 0.260 e. The Morgan fingerprint density at radius 3 is 2.32 bits per heavy atom. The summed E-state index contributed by atoms with van der Waals surface area (Å²) >= 11 is 0. The van der Waals surface area contributed by atoms with E-state index in [1.165, 1.54) is 5.69 Å². The lowest BCUT2D eigenvalue weighted by molar-refractivity contribution is -0.135. The van der Waals surface area contributed by atoms with Crippen LogP contribution in [0.1, 0.15) is 68.0 Å². The maximum absolute atomic E-state index is 12.9. The Morgan fingerprint density at radius 2 is 1.58 bits per heavy atom. The van der Waals surface area contributed by atoms with Crippen molar-refractivity contribution in [3.05, 3.63) is 103 Å². The van der Waals surface area contributed by atoms with Gasteiger partial charge in [-0.25, -0.2) is 15.0 Å². The Kier molecular flexibility index (Phi) is 12.4. The third-order valence-electron chi connectivity index (χ3n) is 13.0. The summed E-state index contributed by atoms with van der Waals surface area (Å²) in [5, 5.41) is 9.02. The van der Waals surface area contributed by atoms with Crippen LogP contribution >= 0.6 is 0 Å². The van der Waals surface area contributed by atoms with Crippen molar-refractivity contribution in [3.8, 4) is 5.75 Å². The van der Waals surface area contributed by atoms with E-state index in [1.54, 1.807) is 18.5 Å². The van der Waals surface area contributed by atoms with E-state index in [0.717, 1.165) is 106 Å². The van der Waals surface area contributed by atoms with E-state index in [4.69, 9.17) is 4.74 Å². The van der Waals surface area contributed by atoms with Crippen LogP contribution in [0, 0.1) is 5.92 Å². The molecule has 62 heavy (non-hydrogen) atoms. The Hall–Kier alpha value is -6.35. The lowest BCUT2D eigenvalue weighted by Crippen LogP contribution is -2.47. The summed E-state index contributed by atoms with van der Waals surface area (Å²) in [6.07, 6.45) is 9.47. The molecular formula is C47H54N10O5. The topological polar surface area (TPSA) is 167 Å². The van der Waals surface area contributed by atoms with Crippen LogP contribution in [-0.2, 0) is 25.6 Å². The normalized spacial score (nSPS) is 21.0. The molecule has 0 radical (unpaired) electrons. The number of fused-ring (bicyclic) bond motifs is 1. The number of carbonyl (C=O) groups excluding carboxylic acids is 4. The van der Waals surface area contributed by atoms with Crippen molar-refractivity contribution in [1.29, 1.82) is 0 Å². The molecule has 2 aromatic heterocycles. The number of hydrogen-bond acceptors (Lipinski definition) is 11. The van der Waals surface area contributed by atoms with Gasteiger partial charge in [-0.1, -0.05) is 42.5 Å². The van der Waals surface area contributed by atoms with Gasteiger partial charge in [0.25, 0.3) is 5.91 Å². The largest absolute Gasteiger partial charge is 0.484 e. The summed E-state index contributed by atoms with van der Waals surface area (Å²) in [6, 6.07) is 25.9. The minimum Gasteiger partial charge on any atom is -0.484 e. The average Bonchev–Trinajstić information content (AvgIpc) is 3.72. The van der Waals surface area contributed by atoms with Gasteiger partial charge in [-0.2, -0.15) is 0 Å². The molecule has 4 fully saturated rings. The third-order valence-corrected chi connectivity index (χ3v) is 13.0. The third kappa shape index (κ3) is 9.73. The molecule has 1 saturated carbocycles. The van der Waals surface area contributed by atoms with Crippen molar-refractivity contribution in [1.82, 2.24) is 40.0 Å². The molecule has 1 aliphatic carbocycles. The van der Waals surface area contributed by atoms with Crippen molar-refractivity contribution in [2.45, 2.75) is 69.4 Å². The number of rotatable bonds is 14. The summed E-state index contributed by atoms with van der Waals surface area (Å²) < 4.78 is 7.91. The zero-order chi connectivity index (χ0) is 42.4. The first-order chi connectivity index (χ1) is 30.3. The minimum atomic E-state index is -0.340. The van der Waals surface area contributed by atoms with Gasteiger partial charge in [-0.3, -0.25) is 29.4 Å². The lowest BCUT2D eigenvalue weighted by Gasteiger charge is -2.37. The molecule has 3 aliphatic heterocycles. The molecule has 0 bridgehead atoms. The van der Waals surface area contributed by atoms with Crippen molar-refractivity contribution < 1.29 is 23.9 Å². The quantitative estimate of drug-likeness (QED) is 0.129. The summed E-state index contributed by atoms with van der Waals surface area (Å²) in [6.45, 7) is 6.56. The van der Waals surface area contributed by atoms with Crippen LogP contribution in [0.15, 0.2) is 91.5 Å². The van der Waals surface area contributed by atoms with E-state index in [9.17, 15) is 19.2 Å². The zero-order valence-electron chi connectivity index (χ0n) is 35.0. The van der Waals surface area contributed by atoms with Crippen LogP contribution in [0.3, 0.4) is 0 Å². The highest BCUT2D eigenvalue weighted by atomic mass is 16.5. The number of carbonyl (C=O) groups is 4. The van der Waals surface area contributed by atoms with Crippen molar-refractivity contribution in [2.24, 2.45) is 5.92 Å². The van der Waals surface area contributed by atoms with Crippen LogP contribution in [0.4, 0.5) is 17.2 Å². The number of hydrogen-bond donors (Lipinski definition) is 3. The first-order valence-corrected chi connectivity index (χ1v) is 22.0. The Bertz CT molecular complexity index is 2350. The zero-order valence-corrected chi connectivity index (χ0v) is 35.0. The Morgan fingerprint density at radius 1 is 0.823 bits per heavy atom. The molecule has 0 spiro atoms. The van der Waals surface area contributed by atoms with Gasteiger partial charge in [0.15, 0.2) is 23.6 Å². The molecule has 9 rings (SSSR count). The molecule has 15 heteroatoms. The maximum atomic E-state index is 12.9. The van der Waals surface area contributed by atoms with E-state index in [1.807, 2.05) is 53.7 Å². The summed E-state index contributed by atoms with van der Waals surface area (Å²) in [7, 11) is 0. The number of likely N-dealkylation sites (tertiary alicyclic amines) is 1. The fraction of sp³-hybridized carbons (Fsp3) is 0.426. The predicted molar refractivity (Wildman–Crippen MR) is 235 cm³/mol. The number of imidazole rings is 1. The number of nitrogens with one attached hydrogen (secondary N) is 3. The van der Waals surface area contributed by atoms with Crippen LogP contribution in [0.25, 0.3) is 11.2 Å². The molecular weight excluding hydrogens is 785 g/mol. The van der Waals surface area contributed by atoms with Crippen LogP contribution in [0.5, 0.6) is 5.75 Å². The number of piperidine rings is 2. The van der Waals surface area contributed by atoms with Gasteiger partial charge in [0.2, 0.25) is 17.7 Å². The predicted octanol–water partition coefficient (Wildman–Crippen LogP) is 4.98. The average molecular weight is 839 g/mol. The molecule has 1 unspecified atom stereocenters. The van der Waals surface area contributed by atoms with Crippen molar-refractivity contribution in [3.63, 3.8) is 0 Å². The second-order valence-corrected chi connectivity index (χ2v) is 17.1. The van der Waals surface area contributed by atoms with Gasteiger partial charge in [-0.05, 0) is 98.5 Å². The number of anilines is 3. The number of piperazine rings is 1. The Balaban J connectivity index is 0.669. The van der Waals surface area contributed by atoms with Crippen LogP contribution < -0.4 is 25.6 Å². The number of benzene rings is 3. The molecule has 3 saturated heterocycles. The van der Waals surface area contributed by atoms with Gasteiger partial charge in [0.1, 0.15) is 12.1 Å². The fourth-order valence-electron chi connectivity index (χ4n) is 9.21. The number of nitrogens with zero attached hydrogens (tertiary/aromatic N) is 7. The molecule has 15 nitrogen and oxygen atoms in total. The molecule has 5 heterocycles. The van der Waals surface area contributed by atoms with Crippen LogP contribution in [-0.4, -0.2) is 111 Å². The van der Waals surface area contributed by atoms with Gasteiger partial charge in [0.05, 0.1) is 18.7 Å². The molecule has 4 aliphatic rings. The van der Waals surface area contributed by atoms with Gasteiger partial charge >= 0.3 is 0 Å². The summed E-state index contributed by atoms with van der Waals surface area (Å²) in [5.74, 6) is 1.08. The number of imide groups is 1. The first-order valence-electron chi connectivity index (χ1n) is 22.0. The van der Waals surface area contributed by atoms with Gasteiger partial charge in [-0.15, -0.1) is 0 Å². The highest BCUT2D eigenvalue weighted by Crippen LogP contribution is 2.35. The second-order valence-electron chi connectivity index (χ2n) is 17.1. The van der Waals surface area contributed by atoms with E-state index >= 15 is 0 Å². The number of ether oxygens (including phenoxy) is 1. The van der Waals surface area contributed by atoms with E-state index < -0.39 is 0 Å². The standard InChI is InChI=1S/C47H54N10O5/c58-41-15-14-40(47(61)53-41)34-6-12-39(13-7-34)62-29-43(60)56-20-17-32(18-21-56)16-19-54-22-24-55(25-23-54)37-10-8-35(9-11-37)52-45-44-46(49-30-48-45)57(31-50-44)38-27-36(28-38)51-42(59)26-33-4-2-1-3-5-33/h1-13,30-32,36,38,40H,14-29H2,(H,51,59)(H,48,49,52)(H,53,58,61). The van der Waals surface area contributed by atoms with E-state index in [0.29, 0.717) is 36.7 Å². The van der Waals surface area contributed by atoms with E-state index in [-0.39, 0.29) is 48.2 Å². The van der Waals surface area contributed by atoms with E-state index in [2.05, 4.69) is 69.5 Å². The van der Waals surface area contributed by atoms with Gasteiger partial charge in [0, 0.05) is 69.1 Å². The molecule has 1 atom stereocenters. The monoisotopic (exact) mass is 838 g/mol. The number of aromatic nitrogens is 4. The molecule has 5 aromatic rings. The number of amides is 4. The van der Waals surface area contributed by atoms with Crippen LogP contribution in [0.2, 0.25) is 0 Å². The highest BCUT2D eigenvalue weighted by Gasteiger charge is 2.33. The second kappa shape index (κ2) is 18.7. The fourth-order valence-corrected chi connectivity index (χ4v) is 9.21. The SMILES string of the molecule is O=C1CCC(c2ccc(OCC(=O)N3CCC(CCN4CCN(c5ccc(Nc6ncnc7c6ncn7C6CC(NC(=O)Cc7ccccc7)C6)cc5)CC4)CC3)cc2)C(=O)N1. The molecule has 3 aromatic carbocycles. The Labute approximate surface area is 361 Å². The molecule has 3 N–H and O–H groups in total. The highest BCUT2D eigenvalue weighted by molar-refractivity contribution is 6.01. The lowest BCUT2D eigenvalue weighted by atomic mass is 9.86. The smallest absolute Gasteiger partial charge is 0.260 e. The first kappa shape index (κ1) is 41.0. The summed E-state index contributed by atoms with van der Waals surface area (Å²) in [4.78, 5) is 69.9. The van der Waals surface area contributed by atoms with Crippen molar-refractivity contribution >= 4 is 52.0 Å².